The van der Waals surface area contributed by atoms with Crippen molar-refractivity contribution in [3.05, 3.63) is 58.6 Å². The number of benzene rings is 2. The normalized spacial score (nSPS) is 10.4. The Kier molecular flexibility index (Phi) is 5.20. The molecule has 0 aliphatic carbocycles. The molecule has 0 unspecified atom stereocenters. The molecule has 0 saturated carbocycles. The molecule has 1 amide bonds. The Hall–Kier alpha value is -2.04. The predicted octanol–water partition coefficient (Wildman–Crippen LogP) is 3.10. The van der Waals surface area contributed by atoms with Crippen LogP contribution in [-0.2, 0) is 6.42 Å². The molecule has 5 heteroatoms. The van der Waals surface area contributed by atoms with Crippen molar-refractivity contribution in [2.24, 2.45) is 0 Å². The van der Waals surface area contributed by atoms with Crippen molar-refractivity contribution in [3.63, 3.8) is 0 Å². The van der Waals surface area contributed by atoms with E-state index in [1.54, 1.807) is 24.3 Å². The van der Waals surface area contributed by atoms with Gasteiger partial charge in [-0.05, 0) is 48.7 Å². The minimum absolute atomic E-state index is 0.148. The number of carbonyl (C=O) groups is 1. The second kappa shape index (κ2) is 7.11. The summed E-state index contributed by atoms with van der Waals surface area (Å²) in [4.78, 5) is 12.2. The summed E-state index contributed by atoms with van der Waals surface area (Å²) in [6.07, 6.45) is 1.46. The second-order valence-electron chi connectivity index (χ2n) is 4.72. The van der Waals surface area contributed by atoms with E-state index >= 15 is 0 Å². The van der Waals surface area contributed by atoms with Crippen LogP contribution in [0.4, 0.5) is 11.4 Å². The molecule has 2 rings (SSSR count). The average molecular weight is 305 g/mol. The molecule has 0 aliphatic heterocycles. The molecule has 0 heterocycles. The number of rotatable bonds is 5. The fourth-order valence-electron chi connectivity index (χ4n) is 2.00. The van der Waals surface area contributed by atoms with Gasteiger partial charge in [-0.15, -0.1) is 0 Å². The molecule has 0 radical (unpaired) electrons. The SMILES string of the molecule is Nc1ccc(Cl)c(C(=O)Nc2cccc(CCCO)c2)c1. The number of amides is 1. The Morgan fingerprint density at radius 3 is 2.81 bits per heavy atom. The van der Waals surface area contributed by atoms with Crippen LogP contribution in [0, 0.1) is 0 Å². The topological polar surface area (TPSA) is 75.4 Å². The quantitative estimate of drug-likeness (QED) is 0.743. The number of nitrogen functional groups attached to an aromatic ring is 1. The van der Waals surface area contributed by atoms with Crippen LogP contribution in [-0.4, -0.2) is 17.6 Å². The van der Waals surface area contributed by atoms with E-state index in [9.17, 15) is 4.79 Å². The summed E-state index contributed by atoms with van der Waals surface area (Å²) in [6.45, 7) is 0.148. The van der Waals surface area contributed by atoms with E-state index in [-0.39, 0.29) is 12.5 Å². The molecule has 2 aromatic carbocycles. The summed E-state index contributed by atoms with van der Waals surface area (Å²) in [5.74, 6) is -0.299. The molecule has 0 saturated heterocycles. The van der Waals surface area contributed by atoms with E-state index in [4.69, 9.17) is 22.4 Å². The molecule has 0 spiro atoms. The zero-order valence-corrected chi connectivity index (χ0v) is 12.2. The molecule has 0 aromatic heterocycles. The molecule has 2 aromatic rings. The highest BCUT2D eigenvalue weighted by Crippen LogP contribution is 2.21. The van der Waals surface area contributed by atoms with Gasteiger partial charge in [-0.1, -0.05) is 23.7 Å². The maximum atomic E-state index is 12.2. The van der Waals surface area contributed by atoms with E-state index in [0.717, 1.165) is 12.0 Å². The van der Waals surface area contributed by atoms with Crippen LogP contribution in [0.15, 0.2) is 42.5 Å². The van der Waals surface area contributed by atoms with E-state index in [1.165, 1.54) is 0 Å². The summed E-state index contributed by atoms with van der Waals surface area (Å²) >= 11 is 6.01. The highest BCUT2D eigenvalue weighted by molar-refractivity contribution is 6.34. The Labute approximate surface area is 128 Å². The van der Waals surface area contributed by atoms with Gasteiger partial charge in [0.1, 0.15) is 0 Å². The molecule has 0 atom stereocenters. The Balaban J connectivity index is 2.14. The lowest BCUT2D eigenvalue weighted by atomic mass is 10.1. The van der Waals surface area contributed by atoms with Gasteiger partial charge in [0.2, 0.25) is 0 Å². The first-order valence-electron chi connectivity index (χ1n) is 6.66. The molecule has 4 N–H and O–H groups in total. The third kappa shape index (κ3) is 4.21. The number of halogens is 1. The number of hydrogen-bond acceptors (Lipinski definition) is 3. The van der Waals surface area contributed by atoms with Crippen LogP contribution < -0.4 is 11.1 Å². The van der Waals surface area contributed by atoms with Crippen LogP contribution in [0.5, 0.6) is 0 Å². The van der Waals surface area contributed by atoms with Crippen LogP contribution in [0.2, 0.25) is 5.02 Å². The number of hydrogen-bond donors (Lipinski definition) is 3. The summed E-state index contributed by atoms with van der Waals surface area (Å²) in [5.41, 5.74) is 8.25. The number of nitrogens with two attached hydrogens (primary N) is 1. The van der Waals surface area contributed by atoms with Gasteiger partial charge in [-0.2, -0.15) is 0 Å². The highest BCUT2D eigenvalue weighted by Gasteiger charge is 2.11. The van der Waals surface area contributed by atoms with Gasteiger partial charge >= 0.3 is 0 Å². The van der Waals surface area contributed by atoms with Gasteiger partial charge in [0.05, 0.1) is 10.6 Å². The van der Waals surface area contributed by atoms with E-state index in [0.29, 0.717) is 28.4 Å². The minimum atomic E-state index is -0.299. The molecular formula is C16H17ClN2O2. The second-order valence-corrected chi connectivity index (χ2v) is 5.13. The average Bonchev–Trinajstić information content (AvgIpc) is 2.48. The van der Waals surface area contributed by atoms with Crippen molar-refractivity contribution in [2.75, 3.05) is 17.7 Å². The number of aryl methyl sites for hydroxylation is 1. The van der Waals surface area contributed by atoms with Gasteiger partial charge in [-0.3, -0.25) is 4.79 Å². The van der Waals surface area contributed by atoms with Gasteiger partial charge in [0, 0.05) is 18.0 Å². The van der Waals surface area contributed by atoms with Gasteiger partial charge in [0.15, 0.2) is 0 Å². The number of carbonyl (C=O) groups excluding carboxylic acids is 1. The smallest absolute Gasteiger partial charge is 0.257 e. The molecule has 4 nitrogen and oxygen atoms in total. The van der Waals surface area contributed by atoms with Crippen molar-refractivity contribution < 1.29 is 9.90 Å². The third-order valence-electron chi connectivity index (χ3n) is 3.04. The fourth-order valence-corrected chi connectivity index (χ4v) is 2.21. The first kappa shape index (κ1) is 15.4. The third-order valence-corrected chi connectivity index (χ3v) is 3.37. The molecule has 0 bridgehead atoms. The van der Waals surface area contributed by atoms with E-state index in [1.807, 2.05) is 18.2 Å². The van der Waals surface area contributed by atoms with Crippen LogP contribution in [0.1, 0.15) is 22.3 Å². The number of aliphatic hydroxyl groups is 1. The van der Waals surface area contributed by atoms with Gasteiger partial charge in [-0.25, -0.2) is 0 Å². The molecule has 21 heavy (non-hydrogen) atoms. The lowest BCUT2D eigenvalue weighted by Gasteiger charge is -2.09. The van der Waals surface area contributed by atoms with Crippen molar-refractivity contribution in [3.8, 4) is 0 Å². The zero-order valence-electron chi connectivity index (χ0n) is 11.5. The summed E-state index contributed by atoms with van der Waals surface area (Å²) in [5, 5.41) is 12.0. The number of anilines is 2. The van der Waals surface area contributed by atoms with E-state index < -0.39 is 0 Å². The maximum absolute atomic E-state index is 12.2. The lowest BCUT2D eigenvalue weighted by molar-refractivity contribution is 0.102. The van der Waals surface area contributed by atoms with Gasteiger partial charge < -0.3 is 16.2 Å². The van der Waals surface area contributed by atoms with E-state index in [2.05, 4.69) is 5.32 Å². The first-order chi connectivity index (χ1) is 10.1. The van der Waals surface area contributed by atoms with Crippen molar-refractivity contribution >= 4 is 28.9 Å². The van der Waals surface area contributed by atoms with Crippen LogP contribution in [0.25, 0.3) is 0 Å². The van der Waals surface area contributed by atoms with Crippen LogP contribution >= 0.6 is 11.6 Å². The number of aliphatic hydroxyl groups excluding tert-OH is 1. The zero-order chi connectivity index (χ0) is 15.2. The van der Waals surface area contributed by atoms with Gasteiger partial charge in [0.25, 0.3) is 5.91 Å². The highest BCUT2D eigenvalue weighted by atomic mass is 35.5. The lowest BCUT2D eigenvalue weighted by Crippen LogP contribution is -2.13. The largest absolute Gasteiger partial charge is 0.399 e. The van der Waals surface area contributed by atoms with Crippen LogP contribution in [0.3, 0.4) is 0 Å². The molecule has 110 valence electrons. The monoisotopic (exact) mass is 304 g/mol. The Morgan fingerprint density at radius 2 is 2.05 bits per heavy atom. The molecule has 0 fully saturated rings. The Bertz CT molecular complexity index is 644. The van der Waals surface area contributed by atoms with Crippen molar-refractivity contribution in [1.82, 2.24) is 0 Å². The summed E-state index contributed by atoms with van der Waals surface area (Å²) in [6, 6.07) is 12.3. The fraction of sp³-hybridized carbons (Fsp3) is 0.188. The molecular weight excluding hydrogens is 288 g/mol. The maximum Gasteiger partial charge on any atom is 0.257 e. The minimum Gasteiger partial charge on any atom is -0.399 e. The first-order valence-corrected chi connectivity index (χ1v) is 7.04. The molecule has 0 aliphatic rings. The summed E-state index contributed by atoms with van der Waals surface area (Å²) < 4.78 is 0. The standard InChI is InChI=1S/C16H17ClN2O2/c17-15-7-6-12(18)10-14(15)16(21)19-13-5-1-3-11(9-13)4-2-8-20/h1,3,5-7,9-10,20H,2,4,8,18H2,(H,19,21). The Morgan fingerprint density at radius 1 is 1.24 bits per heavy atom. The van der Waals surface area contributed by atoms with Crippen molar-refractivity contribution in [2.45, 2.75) is 12.8 Å². The number of nitrogens with one attached hydrogen (secondary N) is 1. The summed E-state index contributed by atoms with van der Waals surface area (Å²) in [7, 11) is 0. The predicted molar refractivity (Wildman–Crippen MR) is 85.7 cm³/mol. The van der Waals surface area contributed by atoms with Crippen molar-refractivity contribution in [1.29, 1.82) is 0 Å².